The molecule has 0 radical (unpaired) electrons. The standard InChI is InChI=1S/C18H17Cl3N2O2S/c1-23(9-16(24)22-18-14(20)3-2-4-15(18)21)17(25)11-26-10-12-5-7-13(19)8-6-12/h2-8H,9-11H2,1H3,(H,22,24). The van der Waals surface area contributed by atoms with E-state index in [0.29, 0.717) is 26.5 Å². The van der Waals surface area contributed by atoms with Crippen LogP contribution in [-0.4, -0.2) is 36.1 Å². The molecule has 0 aliphatic rings. The van der Waals surface area contributed by atoms with Gasteiger partial charge in [0.1, 0.15) is 0 Å². The minimum atomic E-state index is -0.362. The largest absolute Gasteiger partial charge is 0.336 e. The number of benzene rings is 2. The number of nitrogens with one attached hydrogen (secondary N) is 1. The van der Waals surface area contributed by atoms with Crippen molar-refractivity contribution in [2.24, 2.45) is 0 Å². The minimum absolute atomic E-state index is 0.0815. The highest BCUT2D eigenvalue weighted by atomic mass is 35.5. The lowest BCUT2D eigenvalue weighted by molar-refractivity contribution is -0.131. The lowest BCUT2D eigenvalue weighted by Crippen LogP contribution is -2.36. The number of likely N-dealkylation sites (N-methyl/N-ethyl adjacent to an activating group) is 1. The van der Waals surface area contributed by atoms with Crippen molar-refractivity contribution < 1.29 is 9.59 Å². The normalized spacial score (nSPS) is 10.5. The topological polar surface area (TPSA) is 49.4 Å². The number of carbonyl (C=O) groups excluding carboxylic acids is 2. The third kappa shape index (κ3) is 6.40. The molecule has 2 rings (SSSR count). The smallest absolute Gasteiger partial charge is 0.244 e. The Kier molecular flexibility index (Phi) is 8.10. The molecular formula is C18H17Cl3N2O2S. The molecule has 2 aromatic rings. The average Bonchev–Trinajstić information content (AvgIpc) is 2.60. The molecule has 0 saturated heterocycles. The number of rotatable bonds is 7. The first-order valence-electron chi connectivity index (χ1n) is 7.67. The van der Waals surface area contributed by atoms with E-state index in [1.54, 1.807) is 25.2 Å². The molecule has 2 aromatic carbocycles. The number of halogens is 3. The molecular weight excluding hydrogens is 415 g/mol. The highest BCUT2D eigenvalue weighted by Gasteiger charge is 2.15. The second-order valence-electron chi connectivity index (χ2n) is 5.51. The lowest BCUT2D eigenvalue weighted by Gasteiger charge is -2.17. The van der Waals surface area contributed by atoms with Gasteiger partial charge in [0.05, 0.1) is 28.0 Å². The minimum Gasteiger partial charge on any atom is -0.336 e. The van der Waals surface area contributed by atoms with Crippen LogP contribution in [0.15, 0.2) is 42.5 Å². The van der Waals surface area contributed by atoms with Gasteiger partial charge in [-0.05, 0) is 29.8 Å². The zero-order chi connectivity index (χ0) is 19.1. The van der Waals surface area contributed by atoms with E-state index in [2.05, 4.69) is 5.32 Å². The molecule has 0 spiro atoms. The van der Waals surface area contributed by atoms with Gasteiger partial charge in [-0.3, -0.25) is 9.59 Å². The molecule has 0 fully saturated rings. The highest BCUT2D eigenvalue weighted by molar-refractivity contribution is 7.99. The summed E-state index contributed by atoms with van der Waals surface area (Å²) in [5, 5.41) is 4.01. The van der Waals surface area contributed by atoms with Gasteiger partial charge in [-0.1, -0.05) is 53.0 Å². The fourth-order valence-corrected chi connectivity index (χ4v) is 3.59. The number of thioether (sulfide) groups is 1. The van der Waals surface area contributed by atoms with Crippen LogP contribution in [0.5, 0.6) is 0 Å². The molecule has 0 aliphatic carbocycles. The van der Waals surface area contributed by atoms with E-state index in [1.165, 1.54) is 16.7 Å². The van der Waals surface area contributed by atoms with E-state index in [1.807, 2.05) is 24.3 Å². The van der Waals surface area contributed by atoms with E-state index in [0.717, 1.165) is 5.56 Å². The molecule has 1 N–H and O–H groups in total. The van der Waals surface area contributed by atoms with Crippen LogP contribution in [0.1, 0.15) is 5.56 Å². The van der Waals surface area contributed by atoms with Gasteiger partial charge in [0.15, 0.2) is 0 Å². The Morgan fingerprint density at radius 2 is 1.65 bits per heavy atom. The molecule has 0 heterocycles. The van der Waals surface area contributed by atoms with E-state index in [9.17, 15) is 9.59 Å². The lowest BCUT2D eigenvalue weighted by atomic mass is 10.2. The maximum absolute atomic E-state index is 12.2. The van der Waals surface area contributed by atoms with Gasteiger partial charge in [-0.2, -0.15) is 0 Å². The van der Waals surface area contributed by atoms with E-state index >= 15 is 0 Å². The fourth-order valence-electron chi connectivity index (χ4n) is 2.05. The summed E-state index contributed by atoms with van der Waals surface area (Å²) in [6.07, 6.45) is 0. The first kappa shape index (κ1) is 20.9. The highest BCUT2D eigenvalue weighted by Crippen LogP contribution is 2.29. The van der Waals surface area contributed by atoms with Crippen LogP contribution in [0.4, 0.5) is 5.69 Å². The second-order valence-corrected chi connectivity index (χ2v) is 7.75. The van der Waals surface area contributed by atoms with Crippen molar-refractivity contribution >= 4 is 64.1 Å². The summed E-state index contributed by atoms with van der Waals surface area (Å²) < 4.78 is 0. The van der Waals surface area contributed by atoms with Crippen molar-refractivity contribution in [3.05, 3.63) is 63.1 Å². The first-order chi connectivity index (χ1) is 12.4. The quantitative estimate of drug-likeness (QED) is 0.673. The molecule has 2 amide bonds. The molecule has 138 valence electrons. The summed E-state index contributed by atoms with van der Waals surface area (Å²) in [4.78, 5) is 25.6. The summed E-state index contributed by atoms with van der Waals surface area (Å²) in [5.74, 6) is 0.472. The summed E-state index contributed by atoms with van der Waals surface area (Å²) in [5.41, 5.74) is 1.43. The zero-order valence-electron chi connectivity index (χ0n) is 14.0. The monoisotopic (exact) mass is 430 g/mol. The van der Waals surface area contributed by atoms with Crippen LogP contribution in [-0.2, 0) is 15.3 Å². The Morgan fingerprint density at radius 1 is 1.04 bits per heavy atom. The van der Waals surface area contributed by atoms with Crippen LogP contribution < -0.4 is 5.32 Å². The fraction of sp³-hybridized carbons (Fsp3) is 0.222. The number of anilines is 1. The van der Waals surface area contributed by atoms with Gasteiger partial charge in [0.2, 0.25) is 11.8 Å². The number of nitrogens with zero attached hydrogens (tertiary/aromatic N) is 1. The van der Waals surface area contributed by atoms with Gasteiger partial charge < -0.3 is 10.2 Å². The van der Waals surface area contributed by atoms with Crippen molar-refractivity contribution in [2.75, 3.05) is 24.7 Å². The predicted octanol–water partition coefficient (Wildman–Crippen LogP) is 4.98. The van der Waals surface area contributed by atoms with E-state index in [-0.39, 0.29) is 24.1 Å². The number of hydrogen-bond acceptors (Lipinski definition) is 3. The number of carbonyl (C=O) groups is 2. The maximum atomic E-state index is 12.2. The molecule has 0 bridgehead atoms. The van der Waals surface area contributed by atoms with Crippen LogP contribution in [0.2, 0.25) is 15.1 Å². The molecule has 0 saturated carbocycles. The van der Waals surface area contributed by atoms with Gasteiger partial charge in [-0.15, -0.1) is 11.8 Å². The Balaban J connectivity index is 1.79. The summed E-state index contributed by atoms with van der Waals surface area (Å²) in [7, 11) is 1.58. The van der Waals surface area contributed by atoms with Gasteiger partial charge in [-0.25, -0.2) is 0 Å². The summed E-state index contributed by atoms with van der Waals surface area (Å²) in [6, 6.07) is 12.4. The van der Waals surface area contributed by atoms with E-state index in [4.69, 9.17) is 34.8 Å². The van der Waals surface area contributed by atoms with Crippen molar-refractivity contribution in [2.45, 2.75) is 5.75 Å². The molecule has 0 atom stereocenters. The molecule has 8 heteroatoms. The van der Waals surface area contributed by atoms with Crippen molar-refractivity contribution in [1.29, 1.82) is 0 Å². The number of amides is 2. The van der Waals surface area contributed by atoms with Crippen molar-refractivity contribution in [3.8, 4) is 0 Å². The maximum Gasteiger partial charge on any atom is 0.244 e. The number of hydrogen-bond donors (Lipinski definition) is 1. The first-order valence-corrected chi connectivity index (χ1v) is 9.95. The SMILES string of the molecule is CN(CC(=O)Nc1c(Cl)cccc1Cl)C(=O)CSCc1ccc(Cl)cc1. The van der Waals surface area contributed by atoms with Gasteiger partial charge in [0.25, 0.3) is 0 Å². The molecule has 0 aliphatic heterocycles. The zero-order valence-corrected chi connectivity index (χ0v) is 17.1. The Labute approximate surface area is 171 Å². The summed E-state index contributed by atoms with van der Waals surface area (Å²) in [6.45, 7) is -0.0815. The average molecular weight is 432 g/mol. The molecule has 0 unspecified atom stereocenters. The third-order valence-electron chi connectivity index (χ3n) is 3.44. The Morgan fingerprint density at radius 3 is 2.27 bits per heavy atom. The Hall–Kier alpha value is -1.40. The van der Waals surface area contributed by atoms with Crippen LogP contribution in [0.3, 0.4) is 0 Å². The third-order valence-corrected chi connectivity index (χ3v) is 5.31. The van der Waals surface area contributed by atoms with Gasteiger partial charge in [0, 0.05) is 17.8 Å². The molecule has 0 aromatic heterocycles. The molecule has 4 nitrogen and oxygen atoms in total. The predicted molar refractivity (Wildman–Crippen MR) is 110 cm³/mol. The van der Waals surface area contributed by atoms with E-state index < -0.39 is 0 Å². The van der Waals surface area contributed by atoms with Crippen LogP contribution in [0, 0.1) is 0 Å². The van der Waals surface area contributed by atoms with Crippen LogP contribution in [0.25, 0.3) is 0 Å². The second kappa shape index (κ2) is 10.1. The Bertz CT molecular complexity index is 764. The number of para-hydroxylation sites is 1. The van der Waals surface area contributed by atoms with Crippen LogP contribution >= 0.6 is 46.6 Å². The summed E-state index contributed by atoms with van der Waals surface area (Å²) >= 11 is 19.4. The van der Waals surface area contributed by atoms with Crippen molar-refractivity contribution in [1.82, 2.24) is 4.90 Å². The molecule has 26 heavy (non-hydrogen) atoms. The van der Waals surface area contributed by atoms with Crippen molar-refractivity contribution in [3.63, 3.8) is 0 Å². The van der Waals surface area contributed by atoms with Gasteiger partial charge >= 0.3 is 0 Å².